The zero-order valence-electron chi connectivity index (χ0n) is 16.1. The summed E-state index contributed by atoms with van der Waals surface area (Å²) in [6.07, 6.45) is 0. The lowest BCUT2D eigenvalue weighted by Gasteiger charge is -2.16. The lowest BCUT2D eigenvalue weighted by Crippen LogP contribution is -2.21. The van der Waals surface area contributed by atoms with Crippen molar-refractivity contribution in [3.05, 3.63) is 83.9 Å². The van der Waals surface area contributed by atoms with Crippen LogP contribution in [0.5, 0.6) is 11.5 Å². The van der Waals surface area contributed by atoms with E-state index in [4.69, 9.17) is 9.47 Å². The lowest BCUT2D eigenvalue weighted by molar-refractivity contribution is -0.118. The molecule has 5 nitrogen and oxygen atoms in total. The molecule has 0 heterocycles. The summed E-state index contributed by atoms with van der Waals surface area (Å²) in [4.78, 5) is 12.3. The molecule has 0 bridgehead atoms. The highest BCUT2D eigenvalue weighted by molar-refractivity contribution is 5.91. The van der Waals surface area contributed by atoms with Crippen molar-refractivity contribution in [1.29, 1.82) is 0 Å². The minimum Gasteiger partial charge on any atom is -0.493 e. The second-order valence-electron chi connectivity index (χ2n) is 6.37. The van der Waals surface area contributed by atoms with Crippen LogP contribution in [0.2, 0.25) is 0 Å². The number of anilines is 2. The molecule has 0 unspecified atom stereocenters. The van der Waals surface area contributed by atoms with Gasteiger partial charge < -0.3 is 20.1 Å². The van der Waals surface area contributed by atoms with E-state index in [9.17, 15) is 4.79 Å². The topological polar surface area (TPSA) is 59.6 Å². The van der Waals surface area contributed by atoms with Crippen LogP contribution in [0, 0.1) is 6.92 Å². The largest absolute Gasteiger partial charge is 0.493 e. The van der Waals surface area contributed by atoms with E-state index in [1.54, 1.807) is 7.11 Å². The zero-order chi connectivity index (χ0) is 19.8. The molecule has 0 spiro atoms. The molecule has 0 aliphatic rings. The van der Waals surface area contributed by atoms with Crippen LogP contribution in [0.1, 0.15) is 11.1 Å². The predicted octanol–water partition coefficient (Wildman–Crippen LogP) is 4.63. The van der Waals surface area contributed by atoms with Gasteiger partial charge in [0.2, 0.25) is 0 Å². The second kappa shape index (κ2) is 9.46. The third-order valence-corrected chi connectivity index (χ3v) is 4.22. The molecule has 0 aliphatic carbocycles. The van der Waals surface area contributed by atoms with Crippen molar-refractivity contribution in [3.8, 4) is 11.5 Å². The maximum absolute atomic E-state index is 12.3. The first kappa shape index (κ1) is 19.3. The maximum atomic E-state index is 12.3. The van der Waals surface area contributed by atoms with Crippen LogP contribution in [0.25, 0.3) is 0 Å². The van der Waals surface area contributed by atoms with E-state index < -0.39 is 0 Å². The van der Waals surface area contributed by atoms with Crippen molar-refractivity contribution >= 4 is 17.3 Å². The number of carbonyl (C=O) groups is 1. The minimum atomic E-state index is -0.225. The van der Waals surface area contributed by atoms with Gasteiger partial charge in [0.25, 0.3) is 5.91 Å². The molecule has 28 heavy (non-hydrogen) atoms. The molecular formula is C23H24N2O3. The summed E-state index contributed by atoms with van der Waals surface area (Å²) >= 11 is 0. The smallest absolute Gasteiger partial charge is 0.262 e. The van der Waals surface area contributed by atoms with E-state index in [1.165, 1.54) is 0 Å². The van der Waals surface area contributed by atoms with Crippen LogP contribution in [-0.2, 0) is 11.3 Å². The summed E-state index contributed by atoms with van der Waals surface area (Å²) in [5, 5.41) is 6.18. The normalized spacial score (nSPS) is 10.2. The van der Waals surface area contributed by atoms with Crippen molar-refractivity contribution < 1.29 is 14.3 Å². The highest BCUT2D eigenvalue weighted by atomic mass is 16.5. The van der Waals surface area contributed by atoms with E-state index in [2.05, 4.69) is 10.6 Å². The van der Waals surface area contributed by atoms with Crippen LogP contribution in [0.3, 0.4) is 0 Å². The van der Waals surface area contributed by atoms with Crippen molar-refractivity contribution in [2.75, 3.05) is 24.4 Å². The van der Waals surface area contributed by atoms with Gasteiger partial charge in [-0.1, -0.05) is 48.0 Å². The molecular weight excluding hydrogens is 352 g/mol. The average Bonchev–Trinajstić information content (AvgIpc) is 2.73. The summed E-state index contributed by atoms with van der Waals surface area (Å²) in [6.45, 7) is 2.45. The Morgan fingerprint density at radius 2 is 1.64 bits per heavy atom. The third-order valence-electron chi connectivity index (χ3n) is 4.22. The predicted molar refractivity (Wildman–Crippen MR) is 112 cm³/mol. The Morgan fingerprint density at radius 1 is 0.893 bits per heavy atom. The van der Waals surface area contributed by atoms with Gasteiger partial charge in [0.05, 0.1) is 7.11 Å². The second-order valence-corrected chi connectivity index (χ2v) is 6.37. The molecule has 144 valence electrons. The van der Waals surface area contributed by atoms with Gasteiger partial charge in [-0.25, -0.2) is 0 Å². The monoisotopic (exact) mass is 376 g/mol. The van der Waals surface area contributed by atoms with Gasteiger partial charge in [0.15, 0.2) is 18.1 Å². The third kappa shape index (κ3) is 5.27. The molecule has 2 N–H and O–H groups in total. The summed E-state index contributed by atoms with van der Waals surface area (Å²) < 4.78 is 11.2. The van der Waals surface area contributed by atoms with E-state index in [0.29, 0.717) is 18.0 Å². The zero-order valence-corrected chi connectivity index (χ0v) is 16.1. The fourth-order valence-electron chi connectivity index (χ4n) is 2.75. The molecule has 1 amide bonds. The average molecular weight is 376 g/mol. The van der Waals surface area contributed by atoms with Gasteiger partial charge in [-0.05, 0) is 37.3 Å². The molecule has 0 aromatic heterocycles. The molecule has 0 radical (unpaired) electrons. The highest BCUT2D eigenvalue weighted by Crippen LogP contribution is 2.31. The quantitative estimate of drug-likeness (QED) is 0.602. The Bertz CT molecular complexity index is 909. The fraction of sp³-hybridized carbons (Fsp3) is 0.174. The molecule has 3 aromatic carbocycles. The number of hydrogen-bond acceptors (Lipinski definition) is 4. The Morgan fingerprint density at radius 3 is 2.36 bits per heavy atom. The Hall–Kier alpha value is -3.47. The first-order valence-electron chi connectivity index (χ1n) is 9.10. The summed E-state index contributed by atoms with van der Waals surface area (Å²) in [7, 11) is 1.59. The number of ether oxygens (including phenoxy) is 2. The number of methoxy groups -OCH3 is 1. The standard InChI is InChI=1S/C23H24N2O3/c1-17-11-13-20(14-12-17)25-22(26)16-28-23-18(7-6-10-21(23)27-2)15-24-19-8-4-3-5-9-19/h3-14,24H,15-16H2,1-2H3,(H,25,26). The van der Waals surface area contributed by atoms with E-state index in [1.807, 2.05) is 79.7 Å². The molecule has 3 rings (SSSR count). The summed E-state index contributed by atoms with van der Waals surface area (Å²) in [5.74, 6) is 0.930. The number of amides is 1. The SMILES string of the molecule is COc1cccc(CNc2ccccc2)c1OCC(=O)Nc1ccc(C)cc1. The number of para-hydroxylation sites is 2. The molecule has 0 atom stereocenters. The van der Waals surface area contributed by atoms with Crippen LogP contribution < -0.4 is 20.1 Å². The van der Waals surface area contributed by atoms with E-state index >= 15 is 0 Å². The first-order chi connectivity index (χ1) is 13.7. The van der Waals surface area contributed by atoms with Gasteiger partial charge in [0.1, 0.15) is 0 Å². The van der Waals surface area contributed by atoms with Gasteiger partial charge in [-0.2, -0.15) is 0 Å². The van der Waals surface area contributed by atoms with Crippen molar-refractivity contribution in [1.82, 2.24) is 0 Å². The van der Waals surface area contributed by atoms with E-state index in [-0.39, 0.29) is 12.5 Å². The molecule has 0 aliphatic heterocycles. The Labute approximate surface area is 165 Å². The molecule has 0 saturated heterocycles. The summed E-state index contributed by atoms with van der Waals surface area (Å²) in [6, 6.07) is 23.2. The van der Waals surface area contributed by atoms with Crippen LogP contribution >= 0.6 is 0 Å². The van der Waals surface area contributed by atoms with Gasteiger partial charge >= 0.3 is 0 Å². The van der Waals surface area contributed by atoms with Crippen molar-refractivity contribution in [3.63, 3.8) is 0 Å². The van der Waals surface area contributed by atoms with Crippen LogP contribution in [-0.4, -0.2) is 19.6 Å². The number of aryl methyl sites for hydroxylation is 1. The number of carbonyl (C=O) groups excluding carboxylic acids is 1. The van der Waals surface area contributed by atoms with Crippen molar-refractivity contribution in [2.24, 2.45) is 0 Å². The maximum Gasteiger partial charge on any atom is 0.262 e. The number of rotatable bonds is 8. The first-order valence-corrected chi connectivity index (χ1v) is 9.10. The highest BCUT2D eigenvalue weighted by Gasteiger charge is 2.13. The minimum absolute atomic E-state index is 0.105. The van der Waals surface area contributed by atoms with Gasteiger partial charge in [-0.15, -0.1) is 0 Å². The van der Waals surface area contributed by atoms with E-state index in [0.717, 1.165) is 22.5 Å². The van der Waals surface area contributed by atoms with Crippen molar-refractivity contribution in [2.45, 2.75) is 13.5 Å². The van der Waals surface area contributed by atoms with Gasteiger partial charge in [-0.3, -0.25) is 4.79 Å². The van der Waals surface area contributed by atoms with Crippen LogP contribution in [0.4, 0.5) is 11.4 Å². The van der Waals surface area contributed by atoms with Gasteiger partial charge in [0, 0.05) is 23.5 Å². The Kier molecular flexibility index (Phi) is 6.52. The fourth-order valence-corrected chi connectivity index (χ4v) is 2.75. The molecule has 5 heteroatoms. The Balaban J connectivity index is 1.66. The van der Waals surface area contributed by atoms with Crippen LogP contribution in [0.15, 0.2) is 72.8 Å². The number of nitrogens with one attached hydrogen (secondary N) is 2. The number of hydrogen-bond donors (Lipinski definition) is 2. The lowest BCUT2D eigenvalue weighted by atomic mass is 10.1. The summed E-state index contributed by atoms with van der Waals surface area (Å²) in [5.41, 5.74) is 3.80. The molecule has 3 aromatic rings. The molecule has 0 fully saturated rings. The molecule has 0 saturated carbocycles. The number of benzene rings is 3.